The van der Waals surface area contributed by atoms with Gasteiger partial charge in [-0.05, 0) is 13.0 Å². The zero-order valence-electron chi connectivity index (χ0n) is 8.56. The van der Waals surface area contributed by atoms with Gasteiger partial charge in [0, 0.05) is 6.16 Å². The lowest BCUT2D eigenvalue weighted by Crippen LogP contribution is -2.41. The molecule has 96 valence electrons. The summed E-state index contributed by atoms with van der Waals surface area (Å²) in [4.78, 5) is 0. The molecule has 1 heterocycles. The predicted molar refractivity (Wildman–Crippen MR) is 59.2 cm³/mol. The van der Waals surface area contributed by atoms with E-state index in [9.17, 15) is 29.6 Å². The van der Waals surface area contributed by atoms with Crippen molar-refractivity contribution in [1.82, 2.24) is 0 Å². The molecule has 1 rings (SSSR count). The fourth-order valence-corrected chi connectivity index (χ4v) is 7.51. The second-order valence-corrected chi connectivity index (χ2v) is 9.04. The summed E-state index contributed by atoms with van der Waals surface area (Å²) in [5, 5.41) is 37.9. The topological polar surface area (TPSA) is 141 Å². The van der Waals surface area contributed by atoms with Crippen molar-refractivity contribution in [2.24, 2.45) is 5.73 Å². The third-order valence-electron chi connectivity index (χ3n) is 2.76. The zero-order chi connectivity index (χ0) is 12.5. The Morgan fingerprint density at radius 3 is 1.94 bits per heavy atom. The molecule has 0 spiro atoms. The first-order valence-corrected chi connectivity index (χ1v) is 8.50. The molecule has 1 aliphatic rings. The van der Waals surface area contributed by atoms with Gasteiger partial charge in [0.15, 0.2) is 0 Å². The molecule has 0 aromatic heterocycles. The van der Waals surface area contributed by atoms with Crippen LogP contribution in [0.25, 0.3) is 0 Å². The SMILES string of the molecule is NCCCP1(=O)C(O)C(O)[PH](=O)C(O)C1O. The molecular formula is C7H17NO6P2. The Bertz CT molecular complexity index is 302. The van der Waals surface area contributed by atoms with Gasteiger partial charge in [-0.2, -0.15) is 0 Å². The van der Waals surface area contributed by atoms with E-state index in [4.69, 9.17) is 5.73 Å². The maximum Gasteiger partial charge on any atom is 0.148 e. The van der Waals surface area contributed by atoms with E-state index in [1.807, 2.05) is 0 Å². The fourth-order valence-electron chi connectivity index (χ4n) is 1.71. The molecule has 1 fully saturated rings. The number of aliphatic hydroxyl groups is 4. The lowest BCUT2D eigenvalue weighted by molar-refractivity contribution is 0.0669. The quantitative estimate of drug-likeness (QED) is 0.396. The standard InChI is InChI=1S/C7H17NO6P2/c8-2-1-3-16(14)6(11)4(9)15(13)5(10)7(16)12/h4-7,9-12,15H,1-3,8H2. The van der Waals surface area contributed by atoms with E-state index in [1.165, 1.54) is 0 Å². The Morgan fingerprint density at radius 2 is 1.56 bits per heavy atom. The molecule has 0 bridgehead atoms. The van der Waals surface area contributed by atoms with E-state index in [0.717, 1.165) is 0 Å². The number of nitrogens with two attached hydrogens (primary N) is 1. The van der Waals surface area contributed by atoms with Crippen LogP contribution in [0.1, 0.15) is 6.42 Å². The van der Waals surface area contributed by atoms with Crippen molar-refractivity contribution in [2.45, 2.75) is 29.8 Å². The van der Waals surface area contributed by atoms with Crippen molar-refractivity contribution in [2.75, 3.05) is 12.7 Å². The molecule has 1 saturated heterocycles. The van der Waals surface area contributed by atoms with Crippen LogP contribution in [0.3, 0.4) is 0 Å². The Balaban J connectivity index is 2.98. The second-order valence-electron chi connectivity index (χ2n) is 3.84. The van der Waals surface area contributed by atoms with Crippen LogP contribution in [-0.2, 0) is 9.13 Å². The summed E-state index contributed by atoms with van der Waals surface area (Å²) >= 11 is 0. The van der Waals surface area contributed by atoms with Crippen molar-refractivity contribution >= 4 is 14.9 Å². The maximum absolute atomic E-state index is 12.2. The van der Waals surface area contributed by atoms with Gasteiger partial charge >= 0.3 is 0 Å². The van der Waals surface area contributed by atoms with Gasteiger partial charge in [-0.15, -0.1) is 0 Å². The summed E-state index contributed by atoms with van der Waals surface area (Å²) in [6.45, 7) is 0.213. The van der Waals surface area contributed by atoms with Gasteiger partial charge in [-0.25, -0.2) is 0 Å². The van der Waals surface area contributed by atoms with E-state index in [2.05, 4.69) is 0 Å². The molecule has 4 unspecified atom stereocenters. The molecule has 9 heteroatoms. The molecule has 7 nitrogen and oxygen atoms in total. The average molecular weight is 273 g/mol. The molecular weight excluding hydrogens is 256 g/mol. The number of hydrogen-bond donors (Lipinski definition) is 5. The van der Waals surface area contributed by atoms with Gasteiger partial charge in [0.25, 0.3) is 0 Å². The smallest absolute Gasteiger partial charge is 0.148 e. The molecule has 0 saturated carbocycles. The highest BCUT2D eigenvalue weighted by atomic mass is 31.2. The van der Waals surface area contributed by atoms with E-state index >= 15 is 0 Å². The summed E-state index contributed by atoms with van der Waals surface area (Å²) in [5.41, 5.74) is 5.23. The molecule has 0 aromatic rings. The molecule has 0 aromatic carbocycles. The van der Waals surface area contributed by atoms with Crippen LogP contribution in [0.4, 0.5) is 0 Å². The first kappa shape index (κ1) is 14.3. The lowest BCUT2D eigenvalue weighted by atomic mass is 10.5. The Morgan fingerprint density at radius 1 is 1.12 bits per heavy atom. The van der Waals surface area contributed by atoms with E-state index in [0.29, 0.717) is 0 Å². The summed E-state index contributed by atoms with van der Waals surface area (Å²) in [7, 11) is -6.59. The van der Waals surface area contributed by atoms with Crippen molar-refractivity contribution in [3.05, 3.63) is 0 Å². The highest BCUT2D eigenvalue weighted by Gasteiger charge is 2.54. The molecule has 0 amide bonds. The van der Waals surface area contributed by atoms with Gasteiger partial charge in [0.2, 0.25) is 0 Å². The molecule has 0 radical (unpaired) electrons. The summed E-state index contributed by atoms with van der Waals surface area (Å²) in [6, 6.07) is 0. The van der Waals surface area contributed by atoms with Crippen molar-refractivity contribution in [3.63, 3.8) is 0 Å². The van der Waals surface area contributed by atoms with Crippen LogP contribution >= 0.6 is 14.9 Å². The minimum absolute atomic E-state index is 0.0882. The Hall–Kier alpha value is 0.260. The van der Waals surface area contributed by atoms with Gasteiger partial charge in [-0.1, -0.05) is 0 Å². The molecule has 16 heavy (non-hydrogen) atoms. The average Bonchev–Trinajstić information content (AvgIpc) is 2.29. The molecule has 1 aliphatic heterocycles. The van der Waals surface area contributed by atoms with Crippen molar-refractivity contribution in [3.8, 4) is 0 Å². The van der Waals surface area contributed by atoms with Gasteiger partial charge in [0.05, 0.1) is 0 Å². The molecule has 6 N–H and O–H groups in total. The fraction of sp³-hybridized carbons (Fsp3) is 1.00. The minimum Gasteiger partial charge on any atom is -0.382 e. The van der Waals surface area contributed by atoms with Crippen LogP contribution in [0, 0.1) is 0 Å². The third-order valence-corrected chi connectivity index (χ3v) is 8.48. The largest absolute Gasteiger partial charge is 0.382 e. The highest BCUT2D eigenvalue weighted by Crippen LogP contribution is 2.65. The van der Waals surface area contributed by atoms with Crippen LogP contribution in [0.15, 0.2) is 0 Å². The van der Waals surface area contributed by atoms with E-state index in [-0.39, 0.29) is 19.1 Å². The third kappa shape index (κ3) is 2.27. The molecule has 0 aliphatic carbocycles. The normalized spacial score (nSPS) is 49.2. The zero-order valence-corrected chi connectivity index (χ0v) is 10.5. The highest BCUT2D eigenvalue weighted by molar-refractivity contribution is 7.68. The van der Waals surface area contributed by atoms with Crippen LogP contribution in [0.2, 0.25) is 0 Å². The van der Waals surface area contributed by atoms with Crippen LogP contribution in [-0.4, -0.2) is 56.5 Å². The number of hydrogen-bond acceptors (Lipinski definition) is 7. The summed E-state index contributed by atoms with van der Waals surface area (Å²) in [6.07, 6.45) is 0.195. The Labute approximate surface area is 93.4 Å². The van der Waals surface area contributed by atoms with Crippen molar-refractivity contribution < 1.29 is 29.6 Å². The minimum atomic E-state index is -3.61. The van der Waals surface area contributed by atoms with Crippen molar-refractivity contribution in [1.29, 1.82) is 0 Å². The molecule has 4 atom stereocenters. The summed E-state index contributed by atoms with van der Waals surface area (Å²) in [5.74, 6) is -6.95. The number of rotatable bonds is 3. The number of aliphatic hydroxyl groups excluding tert-OH is 4. The lowest BCUT2D eigenvalue weighted by Gasteiger charge is -2.38. The second kappa shape index (κ2) is 5.27. The predicted octanol–water partition coefficient (Wildman–Crippen LogP) is -1.45. The summed E-state index contributed by atoms with van der Waals surface area (Å²) < 4.78 is 23.5. The van der Waals surface area contributed by atoms with Crippen LogP contribution < -0.4 is 5.73 Å². The van der Waals surface area contributed by atoms with Gasteiger partial charge in [-0.3, -0.25) is 0 Å². The van der Waals surface area contributed by atoms with Gasteiger partial charge < -0.3 is 35.3 Å². The first-order chi connectivity index (χ1) is 7.36. The monoisotopic (exact) mass is 273 g/mol. The van der Waals surface area contributed by atoms with E-state index in [1.54, 1.807) is 0 Å². The maximum atomic E-state index is 12.2. The van der Waals surface area contributed by atoms with Crippen LogP contribution in [0.5, 0.6) is 0 Å². The Kier molecular flexibility index (Phi) is 4.72. The van der Waals surface area contributed by atoms with Gasteiger partial charge in [0.1, 0.15) is 38.3 Å². The van der Waals surface area contributed by atoms with E-state index < -0.39 is 38.3 Å². The first-order valence-electron chi connectivity index (χ1n) is 4.90.